The SMILES string of the molecule is COc1ccc(C(OC[C@H]2O[C@@H](n3cc(C#Cc4cccc(C(=O)c5ccc(C#N)cc5)c4)c(=O)[nH]c3=O)C[C@@H]2OC(OCCC#N)N(C(C)C)C(C)C)(c2ccccc2)c2ccc(OC)cc2)cc1. The van der Waals surface area contributed by atoms with E-state index in [1.165, 1.54) is 10.8 Å². The third-order valence-electron chi connectivity index (χ3n) is 12.0. The van der Waals surface area contributed by atoms with Crippen LogP contribution in [0.15, 0.2) is 143 Å². The molecule has 2 heterocycles. The maximum absolute atomic E-state index is 13.8. The lowest BCUT2D eigenvalue weighted by Crippen LogP contribution is -2.50. The summed E-state index contributed by atoms with van der Waals surface area (Å²) in [5.74, 6) is 6.94. The van der Waals surface area contributed by atoms with Crippen molar-refractivity contribution >= 4 is 5.78 Å². The summed E-state index contributed by atoms with van der Waals surface area (Å²) in [4.78, 5) is 44.9. The number of nitrogens with one attached hydrogen (secondary N) is 1. The number of ketones is 1. The minimum atomic E-state index is -1.22. The van der Waals surface area contributed by atoms with Gasteiger partial charge in [-0.2, -0.15) is 10.5 Å². The summed E-state index contributed by atoms with van der Waals surface area (Å²) in [5, 5.41) is 18.6. The summed E-state index contributed by atoms with van der Waals surface area (Å²) in [6.45, 7) is 8.16. The van der Waals surface area contributed by atoms with Crippen molar-refractivity contribution in [1.82, 2.24) is 14.5 Å². The molecule has 5 aromatic carbocycles. The lowest BCUT2D eigenvalue weighted by Gasteiger charge is -2.40. The molecule has 358 valence electrons. The number of carbonyl (C=O) groups excluding carboxylic acids is 1. The zero-order valence-electron chi connectivity index (χ0n) is 40.0. The Morgan fingerprint density at radius 1 is 0.786 bits per heavy atom. The molecule has 70 heavy (non-hydrogen) atoms. The molecule has 7 rings (SSSR count). The Labute approximate surface area is 407 Å². The molecule has 1 aliphatic heterocycles. The first-order valence-corrected chi connectivity index (χ1v) is 23.0. The van der Waals surface area contributed by atoms with Crippen LogP contribution in [0.4, 0.5) is 0 Å². The molecule has 6 aromatic rings. The molecule has 1 saturated heterocycles. The van der Waals surface area contributed by atoms with Gasteiger partial charge in [-0.25, -0.2) is 4.79 Å². The molecular weight excluding hydrogens is 887 g/mol. The number of hydrogen-bond donors (Lipinski definition) is 1. The van der Waals surface area contributed by atoms with Gasteiger partial charge in [0.05, 0.1) is 57.7 Å². The van der Waals surface area contributed by atoms with E-state index in [0.717, 1.165) is 16.7 Å². The largest absolute Gasteiger partial charge is 0.497 e. The molecule has 14 heteroatoms. The fourth-order valence-electron chi connectivity index (χ4n) is 8.61. The summed E-state index contributed by atoms with van der Waals surface area (Å²) in [7, 11) is 3.22. The van der Waals surface area contributed by atoms with E-state index in [2.05, 4.69) is 27.8 Å². The number of rotatable bonds is 19. The average molecular weight is 942 g/mol. The zero-order valence-corrected chi connectivity index (χ0v) is 40.0. The Kier molecular flexibility index (Phi) is 16.6. The van der Waals surface area contributed by atoms with Gasteiger partial charge in [-0.05, 0) is 105 Å². The standard InChI is InChI=1S/C56H55N5O9/c1-37(2)61(38(3)4)55(67-31-11-30-57)70-49-33-51(60-35-43(53(63)59-54(60)64)21-16-39-12-10-13-42(32-39)52(62)41-19-17-40(34-58)18-20-41)69-50(49)36-68-56(44-14-8-7-9-15-44,45-22-26-47(65-5)27-23-45)46-24-28-48(66-6)29-25-46/h7-10,12-15,17-20,22-29,32,35,37-38,49-51,55H,11,31,33,36H2,1-6H3,(H,59,63,64)/t49-,50+,51+,55?/m0/s1. The van der Waals surface area contributed by atoms with Gasteiger partial charge < -0.3 is 28.4 Å². The molecule has 1 aliphatic rings. The number of aromatic amines is 1. The van der Waals surface area contributed by atoms with E-state index >= 15 is 0 Å². The van der Waals surface area contributed by atoms with Crippen molar-refractivity contribution in [3.63, 3.8) is 0 Å². The minimum absolute atomic E-state index is 0.0187. The van der Waals surface area contributed by atoms with Crippen LogP contribution in [0.5, 0.6) is 11.5 Å². The van der Waals surface area contributed by atoms with E-state index in [-0.39, 0.29) is 49.5 Å². The molecule has 0 saturated carbocycles. The van der Waals surface area contributed by atoms with Crippen molar-refractivity contribution < 1.29 is 33.2 Å². The van der Waals surface area contributed by atoms with E-state index in [9.17, 15) is 24.9 Å². The van der Waals surface area contributed by atoms with Crippen LogP contribution < -0.4 is 20.7 Å². The topological polar surface area (TPSA) is 178 Å². The predicted octanol–water partition coefficient (Wildman–Crippen LogP) is 8.07. The van der Waals surface area contributed by atoms with Crippen LogP contribution in [0.1, 0.15) is 96.1 Å². The Balaban J connectivity index is 1.27. The van der Waals surface area contributed by atoms with Gasteiger partial charge in [-0.3, -0.25) is 24.0 Å². The van der Waals surface area contributed by atoms with Gasteiger partial charge in [0, 0.05) is 41.4 Å². The van der Waals surface area contributed by atoms with Crippen molar-refractivity contribution in [3.05, 3.63) is 199 Å². The van der Waals surface area contributed by atoms with Gasteiger partial charge in [-0.1, -0.05) is 78.6 Å². The van der Waals surface area contributed by atoms with E-state index in [0.29, 0.717) is 33.8 Å². The molecule has 0 spiro atoms. The van der Waals surface area contributed by atoms with Gasteiger partial charge in [0.2, 0.25) is 6.41 Å². The Bertz CT molecular complexity index is 2940. The number of ether oxygens (including phenoxy) is 6. The summed E-state index contributed by atoms with van der Waals surface area (Å²) < 4.78 is 39.7. The van der Waals surface area contributed by atoms with E-state index in [1.54, 1.807) is 62.8 Å². The number of carbonyl (C=O) groups is 1. The van der Waals surface area contributed by atoms with Crippen LogP contribution in [-0.2, 0) is 24.5 Å². The number of nitrogens with zero attached hydrogens (tertiary/aromatic N) is 4. The van der Waals surface area contributed by atoms with E-state index in [1.807, 2.05) is 113 Å². The molecule has 0 radical (unpaired) electrons. The van der Waals surface area contributed by atoms with Gasteiger partial charge in [-0.15, -0.1) is 0 Å². The number of aromatic nitrogens is 2. The summed E-state index contributed by atoms with van der Waals surface area (Å²) >= 11 is 0. The van der Waals surface area contributed by atoms with E-state index < -0.39 is 41.7 Å². The first-order valence-electron chi connectivity index (χ1n) is 23.0. The summed E-state index contributed by atoms with van der Waals surface area (Å²) in [6.07, 6.45) is -1.87. The van der Waals surface area contributed by atoms with Crippen LogP contribution in [0, 0.1) is 34.5 Å². The molecular formula is C56H55N5O9. The number of methoxy groups -OCH3 is 2. The highest BCUT2D eigenvalue weighted by atomic mass is 16.7. The van der Waals surface area contributed by atoms with Crippen molar-refractivity contribution in [2.75, 3.05) is 27.4 Å². The third kappa shape index (κ3) is 11.5. The van der Waals surface area contributed by atoms with Gasteiger partial charge in [0.15, 0.2) is 5.78 Å². The second-order valence-corrected chi connectivity index (χ2v) is 17.1. The van der Waals surface area contributed by atoms with Gasteiger partial charge in [0.25, 0.3) is 5.56 Å². The van der Waals surface area contributed by atoms with Crippen molar-refractivity contribution in [2.45, 2.75) is 83.1 Å². The first-order chi connectivity index (χ1) is 33.9. The molecule has 1 unspecified atom stereocenters. The Morgan fingerprint density at radius 3 is 2.00 bits per heavy atom. The molecule has 4 atom stereocenters. The van der Waals surface area contributed by atoms with Crippen molar-refractivity contribution in [2.24, 2.45) is 0 Å². The minimum Gasteiger partial charge on any atom is -0.497 e. The van der Waals surface area contributed by atoms with Crippen LogP contribution in [-0.4, -0.2) is 78.4 Å². The maximum Gasteiger partial charge on any atom is 0.330 e. The van der Waals surface area contributed by atoms with Crippen LogP contribution in [0.25, 0.3) is 0 Å². The number of nitriles is 2. The van der Waals surface area contributed by atoms with Crippen LogP contribution in [0.3, 0.4) is 0 Å². The summed E-state index contributed by atoms with van der Waals surface area (Å²) in [6, 6.07) is 42.3. The second kappa shape index (κ2) is 23.1. The molecule has 0 bridgehead atoms. The maximum atomic E-state index is 13.8. The highest BCUT2D eigenvalue weighted by Gasteiger charge is 2.45. The third-order valence-corrected chi connectivity index (χ3v) is 12.0. The fraction of sp³-hybridized carbons (Fsp3) is 0.304. The highest BCUT2D eigenvalue weighted by molar-refractivity contribution is 6.09. The smallest absolute Gasteiger partial charge is 0.330 e. The predicted molar refractivity (Wildman–Crippen MR) is 262 cm³/mol. The van der Waals surface area contributed by atoms with Crippen LogP contribution in [0.2, 0.25) is 0 Å². The first kappa shape index (κ1) is 50.3. The fourth-order valence-corrected chi connectivity index (χ4v) is 8.61. The van der Waals surface area contributed by atoms with Gasteiger partial charge in [0.1, 0.15) is 35.0 Å². The zero-order chi connectivity index (χ0) is 49.8. The highest BCUT2D eigenvalue weighted by Crippen LogP contribution is 2.43. The average Bonchev–Trinajstić information content (AvgIpc) is 3.78. The lowest BCUT2D eigenvalue weighted by atomic mass is 9.80. The van der Waals surface area contributed by atoms with Gasteiger partial charge >= 0.3 is 5.69 Å². The number of H-pyrrole nitrogens is 1. The molecule has 1 N–H and O–H groups in total. The Morgan fingerprint density at radius 2 is 1.41 bits per heavy atom. The lowest BCUT2D eigenvalue weighted by molar-refractivity contribution is -0.267. The second-order valence-electron chi connectivity index (χ2n) is 17.1. The number of hydrogen-bond acceptors (Lipinski definition) is 12. The Hall–Kier alpha value is -7.61. The normalized spacial score (nSPS) is 16.0. The molecule has 1 aromatic heterocycles. The molecule has 1 fully saturated rings. The summed E-state index contributed by atoms with van der Waals surface area (Å²) in [5.41, 5.74) is 1.41. The quantitative estimate of drug-likeness (QED) is 0.0272. The molecule has 0 aliphatic carbocycles. The van der Waals surface area contributed by atoms with E-state index in [4.69, 9.17) is 28.4 Å². The van der Waals surface area contributed by atoms with Crippen molar-refractivity contribution in [3.8, 4) is 35.5 Å². The molecule has 14 nitrogen and oxygen atoms in total. The number of benzene rings is 5. The molecule has 0 amide bonds. The van der Waals surface area contributed by atoms with Crippen molar-refractivity contribution in [1.29, 1.82) is 10.5 Å². The monoisotopic (exact) mass is 941 g/mol. The van der Waals surface area contributed by atoms with Crippen LogP contribution >= 0.6 is 0 Å².